The van der Waals surface area contributed by atoms with Crippen LogP contribution in [-0.4, -0.2) is 29.4 Å². The summed E-state index contributed by atoms with van der Waals surface area (Å²) in [7, 11) is -3.99. The Bertz CT molecular complexity index is 1070. The van der Waals surface area contributed by atoms with Gasteiger partial charge in [0.25, 0.3) is 6.43 Å². The number of hydrogen-bond donors (Lipinski definition) is 0. The third kappa shape index (κ3) is 3.32. The number of aromatic nitrogens is 3. The molecule has 136 valence electrons. The van der Waals surface area contributed by atoms with Gasteiger partial charge in [-0.1, -0.05) is 0 Å². The lowest BCUT2D eigenvalue weighted by atomic mass is 10.1. The lowest BCUT2D eigenvalue weighted by Crippen LogP contribution is -2.05. The first-order valence-electron chi connectivity index (χ1n) is 7.16. The molecule has 3 aromatic rings. The maximum Gasteiger partial charge on any atom is 0.282 e. The standard InChI is InChI=1S/C16H11F4N3O2S/c1-26(24,25)15-6-11(17)10(5-12(15)18)14-7-13(16(19)20)22-23(14)9-3-2-4-21-8-9/h2-8,16H,1H3. The van der Waals surface area contributed by atoms with Gasteiger partial charge in [-0.2, -0.15) is 5.10 Å². The Morgan fingerprint density at radius 3 is 2.42 bits per heavy atom. The van der Waals surface area contributed by atoms with E-state index in [4.69, 9.17) is 0 Å². The van der Waals surface area contributed by atoms with Crippen LogP contribution in [0.5, 0.6) is 0 Å². The van der Waals surface area contributed by atoms with Crippen molar-refractivity contribution in [1.82, 2.24) is 14.8 Å². The molecular formula is C16H11F4N3O2S. The van der Waals surface area contributed by atoms with E-state index in [0.717, 1.165) is 17.0 Å². The molecule has 0 saturated carbocycles. The van der Waals surface area contributed by atoms with Crippen LogP contribution >= 0.6 is 0 Å². The van der Waals surface area contributed by atoms with Crippen molar-refractivity contribution >= 4 is 9.84 Å². The molecule has 3 rings (SSSR count). The molecule has 0 aliphatic carbocycles. The maximum absolute atomic E-state index is 14.5. The van der Waals surface area contributed by atoms with Crippen molar-refractivity contribution in [2.75, 3.05) is 6.26 Å². The molecule has 0 bridgehead atoms. The molecule has 0 unspecified atom stereocenters. The highest BCUT2D eigenvalue weighted by Crippen LogP contribution is 2.32. The predicted octanol–water partition coefficient (Wildman–Crippen LogP) is 3.55. The van der Waals surface area contributed by atoms with E-state index in [-0.39, 0.29) is 11.4 Å². The summed E-state index contributed by atoms with van der Waals surface area (Å²) in [4.78, 5) is 3.02. The molecule has 1 aromatic carbocycles. The molecule has 0 aliphatic heterocycles. The fraction of sp³-hybridized carbons (Fsp3) is 0.125. The van der Waals surface area contributed by atoms with Crippen LogP contribution in [0.2, 0.25) is 0 Å². The van der Waals surface area contributed by atoms with E-state index in [9.17, 15) is 26.0 Å². The Balaban J connectivity index is 2.26. The summed E-state index contributed by atoms with van der Waals surface area (Å²) in [5.41, 5.74) is -0.958. The highest BCUT2D eigenvalue weighted by Gasteiger charge is 2.23. The predicted molar refractivity (Wildman–Crippen MR) is 84.8 cm³/mol. The average Bonchev–Trinajstić information content (AvgIpc) is 3.02. The summed E-state index contributed by atoms with van der Waals surface area (Å²) >= 11 is 0. The number of halogens is 4. The van der Waals surface area contributed by atoms with E-state index >= 15 is 0 Å². The summed E-state index contributed by atoms with van der Waals surface area (Å²) in [6.45, 7) is 0. The zero-order chi connectivity index (χ0) is 19.1. The van der Waals surface area contributed by atoms with Crippen LogP contribution < -0.4 is 0 Å². The van der Waals surface area contributed by atoms with Gasteiger partial charge in [0.1, 0.15) is 22.2 Å². The van der Waals surface area contributed by atoms with E-state index in [1.165, 1.54) is 24.5 Å². The Hall–Kier alpha value is -2.75. The van der Waals surface area contributed by atoms with Gasteiger partial charge in [0, 0.05) is 18.0 Å². The normalized spacial score (nSPS) is 11.9. The van der Waals surface area contributed by atoms with E-state index in [1.807, 2.05) is 0 Å². The van der Waals surface area contributed by atoms with E-state index in [1.54, 1.807) is 0 Å². The van der Waals surface area contributed by atoms with Crippen molar-refractivity contribution in [2.45, 2.75) is 11.3 Å². The topological polar surface area (TPSA) is 64.8 Å². The van der Waals surface area contributed by atoms with Gasteiger partial charge in [-0.15, -0.1) is 0 Å². The second kappa shape index (κ2) is 6.52. The first kappa shape index (κ1) is 18.1. The second-order valence-electron chi connectivity index (χ2n) is 5.41. The van der Waals surface area contributed by atoms with Gasteiger partial charge in [-0.25, -0.2) is 30.7 Å². The van der Waals surface area contributed by atoms with Gasteiger partial charge in [-0.05, 0) is 30.3 Å². The Morgan fingerprint density at radius 1 is 1.12 bits per heavy atom. The van der Waals surface area contributed by atoms with Crippen molar-refractivity contribution < 1.29 is 26.0 Å². The molecular weight excluding hydrogens is 374 g/mol. The van der Waals surface area contributed by atoms with Gasteiger partial charge in [0.15, 0.2) is 9.84 Å². The van der Waals surface area contributed by atoms with E-state index < -0.39 is 44.1 Å². The molecule has 0 N–H and O–H groups in total. The van der Waals surface area contributed by atoms with Crippen molar-refractivity contribution in [1.29, 1.82) is 0 Å². The minimum atomic E-state index is -3.99. The largest absolute Gasteiger partial charge is 0.282 e. The molecule has 0 radical (unpaired) electrons. The lowest BCUT2D eigenvalue weighted by molar-refractivity contribution is 0.145. The fourth-order valence-electron chi connectivity index (χ4n) is 2.38. The SMILES string of the molecule is CS(=O)(=O)c1cc(F)c(-c2cc(C(F)F)nn2-c2cccnc2)cc1F. The number of benzene rings is 1. The fourth-order valence-corrected chi connectivity index (χ4v) is 3.11. The van der Waals surface area contributed by atoms with Crippen LogP contribution in [-0.2, 0) is 9.84 Å². The smallest absolute Gasteiger partial charge is 0.262 e. The molecule has 26 heavy (non-hydrogen) atoms. The third-order valence-corrected chi connectivity index (χ3v) is 4.65. The third-order valence-electron chi connectivity index (χ3n) is 3.54. The molecule has 0 atom stereocenters. The van der Waals surface area contributed by atoms with Crippen LogP contribution in [0, 0.1) is 11.6 Å². The molecule has 0 aliphatic rings. The minimum absolute atomic E-state index is 0.162. The highest BCUT2D eigenvalue weighted by molar-refractivity contribution is 7.90. The lowest BCUT2D eigenvalue weighted by Gasteiger charge is -2.10. The van der Waals surface area contributed by atoms with Crippen LogP contribution in [0.4, 0.5) is 17.6 Å². The number of rotatable bonds is 4. The second-order valence-corrected chi connectivity index (χ2v) is 7.40. The van der Waals surface area contributed by atoms with Gasteiger partial charge in [0.2, 0.25) is 0 Å². The van der Waals surface area contributed by atoms with Crippen LogP contribution in [0.3, 0.4) is 0 Å². The van der Waals surface area contributed by atoms with Crippen LogP contribution in [0.15, 0.2) is 47.6 Å². The summed E-state index contributed by atoms with van der Waals surface area (Å²) in [5.74, 6) is -2.28. The molecule has 0 spiro atoms. The summed E-state index contributed by atoms with van der Waals surface area (Å²) < 4.78 is 78.8. The first-order valence-corrected chi connectivity index (χ1v) is 9.05. The van der Waals surface area contributed by atoms with Crippen molar-refractivity contribution in [3.8, 4) is 16.9 Å². The molecule has 5 nitrogen and oxygen atoms in total. The molecule has 2 heterocycles. The Morgan fingerprint density at radius 2 is 1.85 bits per heavy atom. The van der Waals surface area contributed by atoms with Gasteiger partial charge in [0.05, 0.1) is 17.6 Å². The molecule has 0 fully saturated rings. The van der Waals surface area contributed by atoms with Crippen molar-refractivity contribution in [3.05, 3.63) is 60.1 Å². The summed E-state index contributed by atoms with van der Waals surface area (Å²) in [5, 5.41) is 3.72. The number of sulfone groups is 1. The van der Waals surface area contributed by atoms with E-state index in [0.29, 0.717) is 12.1 Å². The van der Waals surface area contributed by atoms with Gasteiger partial charge >= 0.3 is 0 Å². The molecule has 0 amide bonds. The number of hydrogen-bond acceptors (Lipinski definition) is 4. The highest BCUT2D eigenvalue weighted by atomic mass is 32.2. The number of alkyl halides is 2. The first-order chi connectivity index (χ1) is 12.2. The molecule has 0 saturated heterocycles. The van der Waals surface area contributed by atoms with Gasteiger partial charge in [-0.3, -0.25) is 4.98 Å². The van der Waals surface area contributed by atoms with E-state index in [2.05, 4.69) is 10.1 Å². The minimum Gasteiger partial charge on any atom is -0.262 e. The number of pyridine rings is 1. The monoisotopic (exact) mass is 385 g/mol. The Labute approximate surface area is 145 Å². The zero-order valence-electron chi connectivity index (χ0n) is 13.2. The van der Waals surface area contributed by atoms with Crippen molar-refractivity contribution in [2.24, 2.45) is 0 Å². The number of nitrogens with zero attached hydrogens (tertiary/aromatic N) is 3. The van der Waals surface area contributed by atoms with Gasteiger partial charge < -0.3 is 0 Å². The van der Waals surface area contributed by atoms with Crippen LogP contribution in [0.25, 0.3) is 16.9 Å². The molecule has 2 aromatic heterocycles. The Kier molecular flexibility index (Phi) is 4.53. The summed E-state index contributed by atoms with van der Waals surface area (Å²) in [6.07, 6.45) is 0.557. The quantitative estimate of drug-likeness (QED) is 0.645. The molecule has 10 heteroatoms. The summed E-state index contributed by atoms with van der Waals surface area (Å²) in [6, 6.07) is 5.09. The average molecular weight is 385 g/mol. The van der Waals surface area contributed by atoms with Crippen molar-refractivity contribution in [3.63, 3.8) is 0 Å². The maximum atomic E-state index is 14.5. The zero-order valence-corrected chi connectivity index (χ0v) is 14.0. The van der Waals surface area contributed by atoms with Crippen LogP contribution in [0.1, 0.15) is 12.1 Å².